The largest absolute Gasteiger partial charge is 0.496 e. The van der Waals surface area contributed by atoms with E-state index in [1.54, 1.807) is 7.11 Å². The third-order valence-corrected chi connectivity index (χ3v) is 3.80. The van der Waals surface area contributed by atoms with Crippen LogP contribution in [0.2, 0.25) is 0 Å². The highest BCUT2D eigenvalue weighted by Gasteiger charge is 2.37. The van der Waals surface area contributed by atoms with Gasteiger partial charge in [-0.15, -0.1) is 0 Å². The zero-order chi connectivity index (χ0) is 13.9. The molecule has 1 aromatic carbocycles. The van der Waals surface area contributed by atoms with Gasteiger partial charge in [-0.3, -0.25) is 4.79 Å². The molecule has 2 rings (SSSR count). The average Bonchev–Trinajstić information content (AvgIpc) is 2.34. The van der Waals surface area contributed by atoms with Crippen molar-refractivity contribution >= 4 is 5.91 Å². The molecule has 1 aliphatic rings. The van der Waals surface area contributed by atoms with Crippen LogP contribution in [0.25, 0.3) is 0 Å². The molecule has 1 fully saturated rings. The Bertz CT molecular complexity index is 461. The van der Waals surface area contributed by atoms with Gasteiger partial charge in [0.1, 0.15) is 5.75 Å². The summed E-state index contributed by atoms with van der Waals surface area (Å²) in [5, 5.41) is 12.3. The smallest absolute Gasteiger partial charge is 0.225 e. The van der Waals surface area contributed by atoms with Crippen LogP contribution in [0.3, 0.4) is 0 Å². The second-order valence-corrected chi connectivity index (χ2v) is 5.33. The van der Waals surface area contributed by atoms with Crippen molar-refractivity contribution in [1.82, 2.24) is 5.32 Å². The van der Waals surface area contributed by atoms with Crippen LogP contribution in [0.5, 0.6) is 5.75 Å². The lowest BCUT2D eigenvalue weighted by Gasteiger charge is -2.41. The van der Waals surface area contributed by atoms with Gasteiger partial charge in [0.05, 0.1) is 25.7 Å². The lowest BCUT2D eigenvalue weighted by atomic mass is 9.77. The fraction of sp³-hybridized carbons (Fsp3) is 0.533. The molecule has 1 amide bonds. The average molecular weight is 263 g/mol. The molecule has 2 N–H and O–H groups in total. The lowest BCUT2D eigenvalue weighted by Crippen LogP contribution is -2.56. The number of benzene rings is 1. The van der Waals surface area contributed by atoms with Gasteiger partial charge in [0.25, 0.3) is 0 Å². The number of aryl methyl sites for hydroxylation is 1. The molecule has 0 aromatic heterocycles. The predicted molar refractivity (Wildman–Crippen MR) is 73.2 cm³/mol. The minimum atomic E-state index is -0.381. The Balaban J connectivity index is 2.04. The van der Waals surface area contributed by atoms with Gasteiger partial charge in [0, 0.05) is 5.56 Å². The number of ether oxygens (including phenoxy) is 1. The van der Waals surface area contributed by atoms with Crippen molar-refractivity contribution in [3.63, 3.8) is 0 Å². The maximum absolute atomic E-state index is 12.1. The summed E-state index contributed by atoms with van der Waals surface area (Å²) in [7, 11) is 1.60. The van der Waals surface area contributed by atoms with Crippen LogP contribution in [0.15, 0.2) is 18.2 Å². The van der Waals surface area contributed by atoms with Crippen LogP contribution in [-0.4, -0.2) is 30.3 Å². The van der Waals surface area contributed by atoms with Crippen molar-refractivity contribution in [2.45, 2.75) is 38.1 Å². The Morgan fingerprint density at radius 1 is 1.47 bits per heavy atom. The summed E-state index contributed by atoms with van der Waals surface area (Å²) in [5.41, 5.74) is 1.60. The van der Waals surface area contributed by atoms with Gasteiger partial charge in [-0.05, 0) is 32.3 Å². The van der Waals surface area contributed by atoms with Crippen molar-refractivity contribution in [2.75, 3.05) is 13.7 Å². The Labute approximate surface area is 113 Å². The fourth-order valence-corrected chi connectivity index (χ4v) is 2.48. The molecule has 0 aliphatic heterocycles. The van der Waals surface area contributed by atoms with Crippen molar-refractivity contribution in [2.24, 2.45) is 0 Å². The zero-order valence-corrected chi connectivity index (χ0v) is 11.5. The van der Waals surface area contributed by atoms with E-state index in [9.17, 15) is 9.90 Å². The maximum Gasteiger partial charge on any atom is 0.225 e. The molecule has 19 heavy (non-hydrogen) atoms. The van der Waals surface area contributed by atoms with Gasteiger partial charge in [0.2, 0.25) is 5.91 Å². The number of aliphatic hydroxyl groups excluding tert-OH is 1. The quantitative estimate of drug-likeness (QED) is 0.848. The highest BCUT2D eigenvalue weighted by Crippen LogP contribution is 2.31. The second kappa shape index (κ2) is 5.61. The SMILES string of the molecule is COc1ccc(C)cc1CC(=O)NC1(CO)CCC1. The predicted octanol–water partition coefficient (Wildman–Crippen LogP) is 1.58. The van der Waals surface area contributed by atoms with E-state index in [2.05, 4.69) is 5.32 Å². The summed E-state index contributed by atoms with van der Waals surface area (Å²) in [4.78, 5) is 12.1. The van der Waals surface area contributed by atoms with E-state index in [0.29, 0.717) is 0 Å². The molecule has 4 heteroatoms. The third-order valence-electron chi connectivity index (χ3n) is 3.80. The first-order chi connectivity index (χ1) is 9.08. The molecule has 0 heterocycles. The lowest BCUT2D eigenvalue weighted by molar-refractivity contribution is -0.124. The van der Waals surface area contributed by atoms with Crippen molar-refractivity contribution in [3.05, 3.63) is 29.3 Å². The molecule has 1 aliphatic carbocycles. The summed E-state index contributed by atoms with van der Waals surface area (Å²) in [5.74, 6) is 0.671. The van der Waals surface area contributed by atoms with E-state index in [4.69, 9.17) is 4.74 Å². The van der Waals surface area contributed by atoms with E-state index in [-0.39, 0.29) is 24.5 Å². The number of nitrogens with one attached hydrogen (secondary N) is 1. The fourth-order valence-electron chi connectivity index (χ4n) is 2.48. The summed E-state index contributed by atoms with van der Waals surface area (Å²) >= 11 is 0. The summed E-state index contributed by atoms with van der Waals surface area (Å²) in [6, 6.07) is 5.80. The van der Waals surface area contributed by atoms with Crippen LogP contribution in [0.1, 0.15) is 30.4 Å². The monoisotopic (exact) mass is 263 g/mol. The first kappa shape index (κ1) is 13.9. The van der Waals surface area contributed by atoms with Gasteiger partial charge in [-0.1, -0.05) is 17.7 Å². The standard InChI is InChI=1S/C15H21NO3/c1-11-4-5-13(19-2)12(8-11)9-14(18)16-15(10-17)6-3-7-15/h4-5,8,17H,3,6-7,9-10H2,1-2H3,(H,16,18). The number of amides is 1. The minimum Gasteiger partial charge on any atom is -0.496 e. The molecule has 104 valence electrons. The first-order valence-electron chi connectivity index (χ1n) is 6.64. The van der Waals surface area contributed by atoms with Crippen LogP contribution in [-0.2, 0) is 11.2 Å². The van der Waals surface area contributed by atoms with Gasteiger partial charge in [-0.25, -0.2) is 0 Å². The minimum absolute atomic E-state index is 0.0176. The number of hydrogen-bond acceptors (Lipinski definition) is 3. The molecular weight excluding hydrogens is 242 g/mol. The van der Waals surface area contributed by atoms with E-state index < -0.39 is 0 Å². The normalized spacial score (nSPS) is 16.6. The number of aliphatic hydroxyl groups is 1. The van der Waals surface area contributed by atoms with Gasteiger partial charge < -0.3 is 15.2 Å². The molecule has 1 aromatic rings. The van der Waals surface area contributed by atoms with Crippen molar-refractivity contribution < 1.29 is 14.6 Å². The molecule has 0 radical (unpaired) electrons. The van der Waals surface area contributed by atoms with Gasteiger partial charge in [0.15, 0.2) is 0 Å². The summed E-state index contributed by atoms with van der Waals surface area (Å²) in [6.45, 7) is 2.01. The van der Waals surface area contributed by atoms with E-state index in [0.717, 1.165) is 36.1 Å². The molecule has 0 atom stereocenters. The van der Waals surface area contributed by atoms with Crippen molar-refractivity contribution in [1.29, 1.82) is 0 Å². The second-order valence-electron chi connectivity index (χ2n) is 5.33. The van der Waals surface area contributed by atoms with Crippen LogP contribution in [0.4, 0.5) is 0 Å². The number of carbonyl (C=O) groups is 1. The highest BCUT2D eigenvalue weighted by atomic mass is 16.5. The Kier molecular flexibility index (Phi) is 4.10. The summed E-state index contributed by atoms with van der Waals surface area (Å²) < 4.78 is 5.27. The zero-order valence-electron chi connectivity index (χ0n) is 11.5. The molecule has 0 unspecified atom stereocenters. The van der Waals surface area contributed by atoms with E-state index in [1.165, 1.54) is 0 Å². The van der Waals surface area contributed by atoms with E-state index in [1.807, 2.05) is 25.1 Å². The molecule has 0 bridgehead atoms. The number of rotatable bonds is 5. The first-order valence-corrected chi connectivity index (χ1v) is 6.64. The molecule has 0 spiro atoms. The Hall–Kier alpha value is -1.55. The van der Waals surface area contributed by atoms with Gasteiger partial charge >= 0.3 is 0 Å². The van der Waals surface area contributed by atoms with Crippen LogP contribution >= 0.6 is 0 Å². The molecule has 4 nitrogen and oxygen atoms in total. The molecular formula is C15H21NO3. The van der Waals surface area contributed by atoms with E-state index >= 15 is 0 Å². The maximum atomic E-state index is 12.1. The molecule has 1 saturated carbocycles. The van der Waals surface area contributed by atoms with Crippen LogP contribution in [0, 0.1) is 6.92 Å². The Morgan fingerprint density at radius 2 is 2.21 bits per heavy atom. The number of carbonyl (C=O) groups excluding carboxylic acids is 1. The topological polar surface area (TPSA) is 58.6 Å². The van der Waals surface area contributed by atoms with Gasteiger partial charge in [-0.2, -0.15) is 0 Å². The highest BCUT2D eigenvalue weighted by molar-refractivity contribution is 5.80. The van der Waals surface area contributed by atoms with Crippen molar-refractivity contribution in [3.8, 4) is 5.75 Å². The number of methoxy groups -OCH3 is 1. The van der Waals surface area contributed by atoms with Crippen LogP contribution < -0.4 is 10.1 Å². The number of hydrogen-bond donors (Lipinski definition) is 2. The third kappa shape index (κ3) is 3.07. The Morgan fingerprint density at radius 3 is 2.74 bits per heavy atom. The summed E-state index contributed by atoms with van der Waals surface area (Å²) in [6.07, 6.45) is 3.07. The molecule has 0 saturated heterocycles.